The Morgan fingerprint density at radius 2 is 1.40 bits per heavy atom. The molecule has 0 unspecified atom stereocenters. The molecule has 0 bridgehead atoms. The maximum absolute atomic E-state index is 6.88. The molecule has 2 heteroatoms. The van der Waals surface area contributed by atoms with Gasteiger partial charge in [-0.3, -0.25) is 0 Å². The molecule has 0 radical (unpaired) electrons. The van der Waals surface area contributed by atoms with Crippen molar-refractivity contribution in [2.24, 2.45) is 0 Å². The molecule has 1 N–H and O–H groups in total. The van der Waals surface area contributed by atoms with E-state index in [1.165, 1.54) is 32.1 Å². The van der Waals surface area contributed by atoms with E-state index in [-0.39, 0.29) is 51.4 Å². The fourth-order valence-electron chi connectivity index (χ4n) is 0.905. The normalized spacial score (nSPS) is 9.00. The van der Waals surface area contributed by atoms with Gasteiger partial charge >= 0.3 is 51.4 Å². The third-order valence-corrected chi connectivity index (χ3v) is 1.53. The molecule has 0 fully saturated rings. The standard InChI is InChI=1S/C8H18N.K/c1-2-3-4-5-6-7-8-9;/h9H,2-8H2,1H3;/q-1;+1. The molecule has 0 rings (SSSR count). The molecule has 0 saturated carbocycles. The summed E-state index contributed by atoms with van der Waals surface area (Å²) in [6.07, 6.45) is 7.77. The van der Waals surface area contributed by atoms with Crippen LogP contribution in [0.15, 0.2) is 0 Å². The maximum Gasteiger partial charge on any atom is 1.00 e. The Morgan fingerprint density at radius 3 is 1.90 bits per heavy atom. The first-order chi connectivity index (χ1) is 4.41. The van der Waals surface area contributed by atoms with Crippen molar-refractivity contribution in [2.75, 3.05) is 6.54 Å². The van der Waals surface area contributed by atoms with Crippen LogP contribution >= 0.6 is 0 Å². The molecule has 0 spiro atoms. The Hall–Kier alpha value is 1.60. The van der Waals surface area contributed by atoms with Crippen LogP contribution in [-0.2, 0) is 0 Å². The molecule has 0 heterocycles. The van der Waals surface area contributed by atoms with E-state index in [1.807, 2.05) is 0 Å². The second kappa shape index (κ2) is 13.2. The average Bonchev–Trinajstić information content (AvgIpc) is 1.89. The van der Waals surface area contributed by atoms with Gasteiger partial charge in [0.15, 0.2) is 0 Å². The Balaban J connectivity index is 0. The van der Waals surface area contributed by atoms with Gasteiger partial charge in [0.25, 0.3) is 0 Å². The second-order valence-electron chi connectivity index (χ2n) is 2.52. The van der Waals surface area contributed by atoms with Gasteiger partial charge in [-0.05, 0) is 0 Å². The minimum Gasteiger partial charge on any atom is -0.677 e. The van der Waals surface area contributed by atoms with Gasteiger partial charge in [0.1, 0.15) is 0 Å². The summed E-state index contributed by atoms with van der Waals surface area (Å²) in [5.74, 6) is 0. The summed E-state index contributed by atoms with van der Waals surface area (Å²) in [4.78, 5) is 0. The molecule has 0 aliphatic rings. The zero-order valence-corrected chi connectivity index (χ0v) is 10.6. The van der Waals surface area contributed by atoms with Crippen LogP contribution in [0.25, 0.3) is 5.73 Å². The van der Waals surface area contributed by atoms with Gasteiger partial charge < -0.3 is 5.73 Å². The van der Waals surface area contributed by atoms with Gasteiger partial charge in [0.2, 0.25) is 0 Å². The van der Waals surface area contributed by atoms with Crippen molar-refractivity contribution >= 4 is 0 Å². The van der Waals surface area contributed by atoms with Crippen LogP contribution in [0, 0.1) is 0 Å². The molecule has 0 saturated heterocycles. The first-order valence-electron chi connectivity index (χ1n) is 4.06. The van der Waals surface area contributed by atoms with Gasteiger partial charge in [-0.15, -0.1) is 0 Å². The van der Waals surface area contributed by atoms with E-state index in [9.17, 15) is 0 Å². The summed E-state index contributed by atoms with van der Waals surface area (Å²) >= 11 is 0. The van der Waals surface area contributed by atoms with Crippen molar-refractivity contribution in [2.45, 2.75) is 45.4 Å². The summed E-state index contributed by atoms with van der Waals surface area (Å²) in [5.41, 5.74) is 6.88. The van der Waals surface area contributed by atoms with Gasteiger partial charge in [-0.25, -0.2) is 0 Å². The predicted octanol–water partition coefficient (Wildman–Crippen LogP) is 0.403. The van der Waals surface area contributed by atoms with Gasteiger partial charge in [-0.1, -0.05) is 45.4 Å². The Bertz CT molecular complexity index is 42.5. The predicted molar refractivity (Wildman–Crippen MR) is 42.6 cm³/mol. The molecule has 0 amide bonds. The summed E-state index contributed by atoms with van der Waals surface area (Å²) in [5, 5.41) is 0. The smallest absolute Gasteiger partial charge is 0.677 e. The van der Waals surface area contributed by atoms with Gasteiger partial charge in [0.05, 0.1) is 0 Å². The van der Waals surface area contributed by atoms with E-state index < -0.39 is 0 Å². The van der Waals surface area contributed by atoms with Crippen molar-refractivity contribution in [1.29, 1.82) is 0 Å². The first-order valence-corrected chi connectivity index (χ1v) is 4.06. The minimum absolute atomic E-state index is 0. The molecule has 0 atom stereocenters. The summed E-state index contributed by atoms with van der Waals surface area (Å²) in [6.45, 7) is 2.84. The molecule has 0 aromatic rings. The summed E-state index contributed by atoms with van der Waals surface area (Å²) in [7, 11) is 0. The maximum atomic E-state index is 6.88. The fourth-order valence-corrected chi connectivity index (χ4v) is 0.905. The van der Waals surface area contributed by atoms with Crippen molar-refractivity contribution in [3.63, 3.8) is 0 Å². The van der Waals surface area contributed by atoms with Crippen LogP contribution in [0.2, 0.25) is 0 Å². The van der Waals surface area contributed by atoms with Gasteiger partial charge in [-0.2, -0.15) is 6.54 Å². The van der Waals surface area contributed by atoms with E-state index in [2.05, 4.69) is 6.92 Å². The minimum atomic E-state index is 0. The van der Waals surface area contributed by atoms with Crippen molar-refractivity contribution in [3.05, 3.63) is 5.73 Å². The second-order valence-corrected chi connectivity index (χ2v) is 2.52. The average molecular weight is 167 g/mol. The number of unbranched alkanes of at least 4 members (excludes halogenated alkanes) is 5. The number of nitrogens with one attached hydrogen (secondary N) is 1. The van der Waals surface area contributed by atoms with Crippen LogP contribution in [0.4, 0.5) is 0 Å². The molecule has 1 nitrogen and oxygen atoms in total. The fraction of sp³-hybridized carbons (Fsp3) is 1.00. The summed E-state index contributed by atoms with van der Waals surface area (Å²) < 4.78 is 0. The molecule has 0 aromatic carbocycles. The summed E-state index contributed by atoms with van der Waals surface area (Å²) in [6, 6.07) is 0. The van der Waals surface area contributed by atoms with E-state index in [4.69, 9.17) is 5.73 Å². The van der Waals surface area contributed by atoms with E-state index in [0.29, 0.717) is 6.54 Å². The largest absolute Gasteiger partial charge is 1.00 e. The third-order valence-electron chi connectivity index (χ3n) is 1.53. The molecule has 56 valence electrons. The first kappa shape index (κ1) is 14.1. The molecule has 0 aliphatic heterocycles. The van der Waals surface area contributed by atoms with Crippen LogP contribution in [0.5, 0.6) is 0 Å². The number of hydrogen-bond donors (Lipinski definition) is 0. The van der Waals surface area contributed by atoms with Crippen LogP contribution in [-0.4, -0.2) is 6.54 Å². The Kier molecular flexibility index (Phi) is 18.7. The van der Waals surface area contributed by atoms with E-state index in [0.717, 1.165) is 6.42 Å². The Morgan fingerprint density at radius 1 is 0.900 bits per heavy atom. The van der Waals surface area contributed by atoms with E-state index in [1.54, 1.807) is 0 Å². The van der Waals surface area contributed by atoms with Crippen LogP contribution in [0.3, 0.4) is 0 Å². The molecule has 0 aromatic heterocycles. The topological polar surface area (TPSA) is 23.8 Å². The zero-order valence-electron chi connectivity index (χ0n) is 7.45. The molecule has 0 aliphatic carbocycles. The number of hydrogen-bond acceptors (Lipinski definition) is 0. The van der Waals surface area contributed by atoms with Crippen molar-refractivity contribution in [1.82, 2.24) is 0 Å². The quantitative estimate of drug-likeness (QED) is 0.404. The van der Waals surface area contributed by atoms with E-state index >= 15 is 0 Å². The molecular formula is C8H18KN. The number of rotatable bonds is 6. The van der Waals surface area contributed by atoms with Crippen molar-refractivity contribution < 1.29 is 51.4 Å². The van der Waals surface area contributed by atoms with Crippen LogP contribution in [0.1, 0.15) is 45.4 Å². The van der Waals surface area contributed by atoms with Gasteiger partial charge in [0, 0.05) is 0 Å². The molecular weight excluding hydrogens is 149 g/mol. The molecule has 10 heavy (non-hydrogen) atoms. The third kappa shape index (κ3) is 12.3. The van der Waals surface area contributed by atoms with Crippen LogP contribution < -0.4 is 51.4 Å². The zero-order chi connectivity index (χ0) is 6.95. The van der Waals surface area contributed by atoms with Crippen molar-refractivity contribution in [3.8, 4) is 0 Å². The monoisotopic (exact) mass is 167 g/mol. The Labute approximate surface area is 108 Å². The SMILES string of the molecule is CCCCCCCC[NH-].[K+].